The van der Waals surface area contributed by atoms with Gasteiger partial charge >= 0.3 is 6.18 Å². The van der Waals surface area contributed by atoms with Gasteiger partial charge in [0.25, 0.3) is 0 Å². The normalized spacial score (nSPS) is 18.7. The van der Waals surface area contributed by atoms with Crippen LogP contribution in [0.4, 0.5) is 18.9 Å². The summed E-state index contributed by atoms with van der Waals surface area (Å²) in [5.74, 6) is 0.484. The first kappa shape index (κ1) is 13.4. The van der Waals surface area contributed by atoms with Crippen molar-refractivity contribution in [2.45, 2.75) is 12.6 Å². The molecule has 0 N–H and O–H groups in total. The van der Waals surface area contributed by atoms with Crippen LogP contribution in [0.2, 0.25) is 5.02 Å². The van der Waals surface area contributed by atoms with E-state index in [0.29, 0.717) is 17.2 Å². The van der Waals surface area contributed by atoms with Crippen LogP contribution in [0.1, 0.15) is 12.0 Å². The number of nitrogens with zero attached hydrogens (tertiary/aromatic N) is 1. The van der Waals surface area contributed by atoms with Crippen LogP contribution < -0.4 is 0 Å². The third kappa shape index (κ3) is 3.05. The summed E-state index contributed by atoms with van der Waals surface area (Å²) < 4.78 is 37.4. The Kier molecular flexibility index (Phi) is 3.68. The smallest absolute Gasteiger partial charge is 0.287 e. The number of aliphatic imine (C=N–C) groups is 1. The highest BCUT2D eigenvalue weighted by atomic mass is 35.5. The lowest BCUT2D eigenvalue weighted by Gasteiger charge is -2.08. The largest absolute Gasteiger partial charge is 0.417 e. The van der Waals surface area contributed by atoms with Crippen LogP contribution in [0.25, 0.3) is 0 Å². The first-order chi connectivity index (χ1) is 8.36. The first-order valence-corrected chi connectivity index (χ1v) is 6.31. The molecule has 18 heavy (non-hydrogen) atoms. The van der Waals surface area contributed by atoms with Crippen molar-refractivity contribution in [3.05, 3.63) is 28.8 Å². The van der Waals surface area contributed by atoms with Gasteiger partial charge in [-0.15, -0.1) is 0 Å². The molecule has 1 aromatic rings. The first-order valence-electron chi connectivity index (χ1n) is 4.95. The van der Waals surface area contributed by atoms with E-state index in [1.807, 2.05) is 0 Å². The fourth-order valence-corrected chi connectivity index (χ4v) is 2.54. The van der Waals surface area contributed by atoms with Gasteiger partial charge in [-0.3, -0.25) is 9.79 Å². The van der Waals surface area contributed by atoms with E-state index < -0.39 is 11.7 Å². The molecule has 1 heterocycles. The van der Waals surface area contributed by atoms with Gasteiger partial charge in [-0.25, -0.2) is 0 Å². The van der Waals surface area contributed by atoms with Crippen LogP contribution in [0.5, 0.6) is 0 Å². The Morgan fingerprint density at radius 3 is 2.56 bits per heavy atom. The van der Waals surface area contributed by atoms with E-state index >= 15 is 0 Å². The van der Waals surface area contributed by atoms with Crippen LogP contribution in [0.15, 0.2) is 23.2 Å². The quantitative estimate of drug-likeness (QED) is 0.780. The average Bonchev–Trinajstić information content (AvgIpc) is 2.62. The van der Waals surface area contributed by atoms with E-state index in [9.17, 15) is 18.0 Å². The van der Waals surface area contributed by atoms with Gasteiger partial charge < -0.3 is 0 Å². The van der Waals surface area contributed by atoms with Gasteiger partial charge in [-0.05, 0) is 18.2 Å². The molecule has 1 fully saturated rings. The Morgan fingerprint density at radius 2 is 2.06 bits per heavy atom. The van der Waals surface area contributed by atoms with E-state index in [0.717, 1.165) is 23.9 Å². The molecule has 1 aromatic carbocycles. The Balaban J connectivity index is 2.27. The number of halogens is 4. The minimum absolute atomic E-state index is 0.0201. The number of hydrogen-bond acceptors (Lipinski definition) is 3. The minimum atomic E-state index is -4.47. The van der Waals surface area contributed by atoms with E-state index in [1.54, 1.807) is 0 Å². The van der Waals surface area contributed by atoms with Crippen LogP contribution in [0, 0.1) is 0 Å². The predicted molar refractivity (Wildman–Crippen MR) is 65.6 cm³/mol. The number of hydrogen-bond donors (Lipinski definition) is 0. The summed E-state index contributed by atoms with van der Waals surface area (Å²) >= 11 is 6.72. The van der Waals surface area contributed by atoms with Crippen molar-refractivity contribution in [2.75, 3.05) is 5.75 Å². The zero-order chi connectivity index (χ0) is 13.3. The Labute approximate surface area is 110 Å². The summed E-state index contributed by atoms with van der Waals surface area (Å²) in [6.45, 7) is 0. The van der Waals surface area contributed by atoms with Gasteiger partial charge in [0.15, 0.2) is 5.12 Å². The molecular formula is C11H7ClF3NOS. The zero-order valence-corrected chi connectivity index (χ0v) is 10.5. The highest BCUT2D eigenvalue weighted by molar-refractivity contribution is 8.14. The number of carbonyl (C=O) groups is 1. The van der Waals surface area contributed by atoms with Crippen molar-refractivity contribution < 1.29 is 18.0 Å². The van der Waals surface area contributed by atoms with Gasteiger partial charge in [0.1, 0.15) is 0 Å². The molecule has 0 aliphatic carbocycles. The average molecular weight is 294 g/mol. The third-order valence-corrected chi connectivity index (χ3v) is 3.55. The van der Waals surface area contributed by atoms with Crippen molar-refractivity contribution in [3.8, 4) is 0 Å². The van der Waals surface area contributed by atoms with Crippen molar-refractivity contribution in [3.63, 3.8) is 0 Å². The van der Waals surface area contributed by atoms with E-state index in [4.69, 9.17) is 11.6 Å². The maximum atomic E-state index is 12.5. The molecule has 0 radical (unpaired) electrons. The Hall–Kier alpha value is -1.01. The minimum Gasteiger partial charge on any atom is -0.287 e. The number of benzene rings is 1. The summed E-state index contributed by atoms with van der Waals surface area (Å²) in [5, 5.41) is -0.368. The third-order valence-electron chi connectivity index (χ3n) is 2.29. The molecule has 0 atom stereocenters. The van der Waals surface area contributed by atoms with Crippen LogP contribution in [-0.4, -0.2) is 16.6 Å². The Morgan fingerprint density at radius 1 is 1.33 bits per heavy atom. The lowest BCUT2D eigenvalue weighted by atomic mass is 10.2. The summed E-state index contributed by atoms with van der Waals surface area (Å²) in [6.07, 6.45) is -4.23. The molecule has 96 valence electrons. The predicted octanol–water partition coefficient (Wildman–Crippen LogP) is 4.09. The molecule has 0 aromatic heterocycles. The molecule has 0 bridgehead atoms. The lowest BCUT2D eigenvalue weighted by Crippen LogP contribution is -2.05. The maximum Gasteiger partial charge on any atom is 0.417 e. The van der Waals surface area contributed by atoms with Crippen molar-refractivity contribution in [1.82, 2.24) is 0 Å². The molecule has 2 rings (SSSR count). The second-order valence-corrected chi connectivity index (χ2v) is 5.12. The molecule has 2 nitrogen and oxygen atoms in total. The summed E-state index contributed by atoms with van der Waals surface area (Å²) in [6, 6.07) is 3.30. The molecule has 1 aliphatic heterocycles. The monoisotopic (exact) mass is 293 g/mol. The van der Waals surface area contributed by atoms with Gasteiger partial charge in [-0.1, -0.05) is 23.4 Å². The topological polar surface area (TPSA) is 29.4 Å². The lowest BCUT2D eigenvalue weighted by molar-refractivity contribution is -0.137. The fourth-order valence-electron chi connectivity index (χ4n) is 1.49. The van der Waals surface area contributed by atoms with Crippen LogP contribution in [-0.2, 0) is 11.0 Å². The standard InChI is InChI=1S/C11H7ClF3NOS/c12-9-3-6(1-2-8(9)11(13,14)15)16-7-4-10(17)18-5-7/h1-3H,4-5H2. The number of alkyl halides is 3. The fraction of sp³-hybridized carbons (Fsp3) is 0.273. The van der Waals surface area contributed by atoms with Crippen LogP contribution >= 0.6 is 23.4 Å². The van der Waals surface area contributed by atoms with Gasteiger partial charge in [0.2, 0.25) is 0 Å². The van der Waals surface area contributed by atoms with Crippen LogP contribution in [0.3, 0.4) is 0 Å². The van der Waals surface area contributed by atoms with Gasteiger partial charge in [-0.2, -0.15) is 13.2 Å². The van der Waals surface area contributed by atoms with E-state index in [-0.39, 0.29) is 16.6 Å². The molecule has 1 saturated heterocycles. The van der Waals surface area contributed by atoms with Crippen molar-refractivity contribution >= 4 is 39.9 Å². The molecule has 0 unspecified atom stereocenters. The maximum absolute atomic E-state index is 12.5. The molecule has 1 aliphatic rings. The van der Waals surface area contributed by atoms with E-state index in [2.05, 4.69) is 4.99 Å². The van der Waals surface area contributed by atoms with Crippen molar-refractivity contribution in [2.24, 2.45) is 4.99 Å². The molecule has 0 amide bonds. The Bertz CT molecular complexity index is 528. The second kappa shape index (κ2) is 4.93. The second-order valence-electron chi connectivity index (χ2n) is 3.68. The highest BCUT2D eigenvalue weighted by Gasteiger charge is 2.33. The summed E-state index contributed by atoms with van der Waals surface area (Å²) in [5.41, 5.74) is 0.101. The number of thioether (sulfide) groups is 1. The molecule has 0 saturated carbocycles. The molecular weight excluding hydrogens is 287 g/mol. The zero-order valence-electron chi connectivity index (χ0n) is 8.92. The number of carbonyl (C=O) groups excluding carboxylic acids is 1. The molecule has 0 spiro atoms. The summed E-state index contributed by atoms with van der Waals surface area (Å²) in [7, 11) is 0. The molecule has 7 heteroatoms. The van der Waals surface area contributed by atoms with Gasteiger partial charge in [0, 0.05) is 11.5 Å². The number of rotatable bonds is 1. The SMILES string of the molecule is O=C1CC(=Nc2ccc(C(F)(F)F)c(Cl)c2)CS1. The highest BCUT2D eigenvalue weighted by Crippen LogP contribution is 2.36. The van der Waals surface area contributed by atoms with E-state index in [1.165, 1.54) is 6.07 Å². The summed E-state index contributed by atoms with van der Waals surface area (Å²) in [4.78, 5) is 15.1. The van der Waals surface area contributed by atoms with Crippen molar-refractivity contribution in [1.29, 1.82) is 0 Å². The van der Waals surface area contributed by atoms with Gasteiger partial charge in [0.05, 0.1) is 22.7 Å².